The van der Waals surface area contributed by atoms with E-state index in [-0.39, 0.29) is 23.7 Å². The van der Waals surface area contributed by atoms with Gasteiger partial charge in [0.15, 0.2) is 0 Å². The van der Waals surface area contributed by atoms with Crippen LogP contribution in [0.2, 0.25) is 0 Å². The molecule has 4 nitrogen and oxygen atoms in total. The third kappa shape index (κ3) is 3.11. The summed E-state index contributed by atoms with van der Waals surface area (Å²) in [7, 11) is 0. The molecule has 110 valence electrons. The maximum Gasteiger partial charge on any atom is 0.251 e. The molecule has 0 bridgehead atoms. The molecule has 2 fully saturated rings. The molecule has 0 radical (unpaired) electrons. The Balaban J connectivity index is 1.90. The summed E-state index contributed by atoms with van der Waals surface area (Å²) in [5, 5.41) is 0. The number of hydrogen-bond donors (Lipinski definition) is 0. The molecule has 0 aromatic rings. The van der Waals surface area contributed by atoms with Crippen molar-refractivity contribution in [3.8, 4) is 0 Å². The fourth-order valence-corrected chi connectivity index (χ4v) is 3.06. The average Bonchev–Trinajstić information content (AvgIpc) is 2.27. The van der Waals surface area contributed by atoms with Crippen LogP contribution in [0.15, 0.2) is 0 Å². The summed E-state index contributed by atoms with van der Waals surface area (Å²) in [6.07, 6.45) is 0.946. The van der Waals surface area contributed by atoms with Crippen LogP contribution in [-0.2, 0) is 9.53 Å². The van der Waals surface area contributed by atoms with Crippen LogP contribution in [0, 0.1) is 5.92 Å². The molecule has 2 saturated heterocycles. The van der Waals surface area contributed by atoms with Gasteiger partial charge in [-0.05, 0) is 39.7 Å². The predicted octanol–water partition coefficient (Wildman–Crippen LogP) is 1.74. The number of ether oxygens (including phenoxy) is 1. The number of likely N-dealkylation sites (tertiary alicyclic amines) is 1. The van der Waals surface area contributed by atoms with E-state index in [1.165, 1.54) is 6.42 Å². The van der Waals surface area contributed by atoms with Gasteiger partial charge in [-0.3, -0.25) is 9.69 Å². The van der Waals surface area contributed by atoms with Crippen LogP contribution >= 0.6 is 0 Å². The second-order valence-corrected chi connectivity index (χ2v) is 6.90. The van der Waals surface area contributed by atoms with Gasteiger partial charge >= 0.3 is 0 Å². The lowest BCUT2D eigenvalue weighted by Gasteiger charge is -2.56. The zero-order chi connectivity index (χ0) is 14.2. The van der Waals surface area contributed by atoms with E-state index in [9.17, 15) is 4.79 Å². The Labute approximate surface area is 117 Å². The Morgan fingerprint density at radius 2 is 1.89 bits per heavy atom. The van der Waals surface area contributed by atoms with E-state index in [1.807, 2.05) is 11.8 Å². The molecule has 0 aromatic carbocycles. The highest BCUT2D eigenvalue weighted by molar-refractivity contribution is 5.81. The SMILES string of the molecule is CC(C)CCN1CC2(C1)CN(C(C)C)C(=O)C(C)O2. The van der Waals surface area contributed by atoms with E-state index in [2.05, 4.69) is 32.6 Å². The maximum absolute atomic E-state index is 12.1. The largest absolute Gasteiger partial charge is 0.358 e. The third-order valence-electron chi connectivity index (χ3n) is 4.19. The topological polar surface area (TPSA) is 32.8 Å². The van der Waals surface area contributed by atoms with Gasteiger partial charge in [-0.15, -0.1) is 0 Å². The van der Waals surface area contributed by atoms with Gasteiger partial charge in [0.2, 0.25) is 0 Å². The van der Waals surface area contributed by atoms with Gasteiger partial charge in [0.25, 0.3) is 5.91 Å². The second-order valence-electron chi connectivity index (χ2n) is 6.90. The molecule has 0 aliphatic carbocycles. The van der Waals surface area contributed by atoms with E-state index in [0.717, 1.165) is 32.1 Å². The highest BCUT2D eigenvalue weighted by Gasteiger charge is 2.51. The molecule has 2 aliphatic heterocycles. The van der Waals surface area contributed by atoms with Gasteiger partial charge in [-0.25, -0.2) is 0 Å². The number of nitrogens with zero attached hydrogens (tertiary/aromatic N) is 2. The van der Waals surface area contributed by atoms with Crippen LogP contribution in [0.5, 0.6) is 0 Å². The summed E-state index contributed by atoms with van der Waals surface area (Å²) < 4.78 is 6.01. The smallest absolute Gasteiger partial charge is 0.251 e. The lowest BCUT2D eigenvalue weighted by atomic mass is 9.89. The number of amides is 1. The molecular formula is C15H28N2O2. The van der Waals surface area contributed by atoms with Crippen LogP contribution in [0.4, 0.5) is 0 Å². The molecule has 1 atom stereocenters. The first kappa shape index (κ1) is 14.8. The molecule has 0 aromatic heterocycles. The van der Waals surface area contributed by atoms with Crippen molar-refractivity contribution in [2.45, 2.75) is 58.8 Å². The fourth-order valence-electron chi connectivity index (χ4n) is 3.06. The molecular weight excluding hydrogens is 240 g/mol. The van der Waals surface area contributed by atoms with Crippen molar-refractivity contribution in [2.75, 3.05) is 26.2 Å². The normalized spacial score (nSPS) is 27.4. The van der Waals surface area contributed by atoms with Crippen LogP contribution < -0.4 is 0 Å². The summed E-state index contributed by atoms with van der Waals surface area (Å²) in [5.41, 5.74) is -0.103. The molecule has 1 unspecified atom stereocenters. The summed E-state index contributed by atoms with van der Waals surface area (Å²) >= 11 is 0. The van der Waals surface area contributed by atoms with Crippen LogP contribution in [0.1, 0.15) is 41.0 Å². The van der Waals surface area contributed by atoms with Crippen LogP contribution in [0.3, 0.4) is 0 Å². The van der Waals surface area contributed by atoms with Gasteiger partial charge in [0, 0.05) is 19.1 Å². The molecule has 0 saturated carbocycles. The molecule has 19 heavy (non-hydrogen) atoms. The third-order valence-corrected chi connectivity index (χ3v) is 4.19. The maximum atomic E-state index is 12.1. The Hall–Kier alpha value is -0.610. The molecule has 2 rings (SSSR count). The number of carbonyl (C=O) groups is 1. The number of morpholine rings is 1. The highest BCUT2D eigenvalue weighted by atomic mass is 16.5. The average molecular weight is 268 g/mol. The lowest BCUT2D eigenvalue weighted by Crippen LogP contribution is -2.73. The minimum atomic E-state index is -0.289. The first-order valence-electron chi connectivity index (χ1n) is 7.54. The zero-order valence-corrected chi connectivity index (χ0v) is 13.0. The molecule has 2 heterocycles. The van der Waals surface area contributed by atoms with E-state index in [1.54, 1.807) is 0 Å². The van der Waals surface area contributed by atoms with Gasteiger partial charge in [0.05, 0.1) is 6.54 Å². The van der Waals surface area contributed by atoms with E-state index in [0.29, 0.717) is 0 Å². The van der Waals surface area contributed by atoms with E-state index >= 15 is 0 Å². The van der Waals surface area contributed by atoms with Gasteiger partial charge in [0.1, 0.15) is 11.7 Å². The minimum Gasteiger partial charge on any atom is -0.358 e. The number of carbonyl (C=O) groups excluding carboxylic acids is 1. The Bertz CT molecular complexity index is 335. The highest BCUT2D eigenvalue weighted by Crippen LogP contribution is 2.33. The fraction of sp³-hybridized carbons (Fsp3) is 0.933. The summed E-state index contributed by atoms with van der Waals surface area (Å²) in [6.45, 7) is 14.4. The predicted molar refractivity (Wildman–Crippen MR) is 76.0 cm³/mol. The van der Waals surface area contributed by atoms with Crippen molar-refractivity contribution >= 4 is 5.91 Å². The van der Waals surface area contributed by atoms with Crippen molar-refractivity contribution in [2.24, 2.45) is 5.92 Å². The van der Waals surface area contributed by atoms with Crippen molar-refractivity contribution < 1.29 is 9.53 Å². The van der Waals surface area contributed by atoms with Gasteiger partial charge in [-0.2, -0.15) is 0 Å². The molecule has 1 amide bonds. The Morgan fingerprint density at radius 3 is 2.42 bits per heavy atom. The van der Waals surface area contributed by atoms with Crippen LogP contribution in [0.25, 0.3) is 0 Å². The monoisotopic (exact) mass is 268 g/mol. The second kappa shape index (κ2) is 5.41. The first-order valence-corrected chi connectivity index (χ1v) is 7.54. The van der Waals surface area contributed by atoms with Gasteiger partial charge in [-0.1, -0.05) is 13.8 Å². The standard InChI is InChI=1S/C15H28N2O2/c1-11(2)6-7-16-8-15(9-16)10-17(12(3)4)14(18)13(5)19-15/h11-13H,6-10H2,1-5H3. The summed E-state index contributed by atoms with van der Waals surface area (Å²) in [5.74, 6) is 0.887. The van der Waals surface area contributed by atoms with Crippen molar-refractivity contribution in [3.05, 3.63) is 0 Å². The minimum absolute atomic E-state index is 0.103. The van der Waals surface area contributed by atoms with Crippen molar-refractivity contribution in [1.29, 1.82) is 0 Å². The van der Waals surface area contributed by atoms with Crippen molar-refractivity contribution in [1.82, 2.24) is 9.80 Å². The van der Waals surface area contributed by atoms with E-state index in [4.69, 9.17) is 4.74 Å². The molecule has 4 heteroatoms. The molecule has 2 aliphatic rings. The molecule has 1 spiro atoms. The van der Waals surface area contributed by atoms with Crippen LogP contribution in [-0.4, -0.2) is 59.6 Å². The Morgan fingerprint density at radius 1 is 1.26 bits per heavy atom. The van der Waals surface area contributed by atoms with E-state index < -0.39 is 0 Å². The van der Waals surface area contributed by atoms with Crippen molar-refractivity contribution in [3.63, 3.8) is 0 Å². The summed E-state index contributed by atoms with van der Waals surface area (Å²) in [4.78, 5) is 16.5. The summed E-state index contributed by atoms with van der Waals surface area (Å²) in [6, 6.07) is 0.264. The Kier molecular flexibility index (Phi) is 4.21. The quantitative estimate of drug-likeness (QED) is 0.778. The molecule has 0 N–H and O–H groups in total. The zero-order valence-electron chi connectivity index (χ0n) is 13.0. The lowest BCUT2D eigenvalue weighted by molar-refractivity contribution is -0.217. The number of rotatable bonds is 4. The number of hydrogen-bond acceptors (Lipinski definition) is 3. The van der Waals surface area contributed by atoms with Gasteiger partial charge < -0.3 is 9.64 Å². The first-order chi connectivity index (χ1) is 8.83.